The first kappa shape index (κ1) is 24.2. The summed E-state index contributed by atoms with van der Waals surface area (Å²) in [5.41, 5.74) is 5.61. The van der Waals surface area contributed by atoms with E-state index in [1.807, 2.05) is 0 Å². The van der Waals surface area contributed by atoms with E-state index in [1.165, 1.54) is 6.20 Å². The van der Waals surface area contributed by atoms with Gasteiger partial charge in [-0.05, 0) is 32.1 Å². The van der Waals surface area contributed by atoms with Crippen molar-refractivity contribution in [3.63, 3.8) is 0 Å². The summed E-state index contributed by atoms with van der Waals surface area (Å²) in [6.45, 7) is 0.383. The van der Waals surface area contributed by atoms with Crippen molar-refractivity contribution in [1.82, 2.24) is 19.5 Å². The Morgan fingerprint density at radius 3 is 2.47 bits per heavy atom. The molecule has 1 saturated heterocycles. The van der Waals surface area contributed by atoms with Crippen LogP contribution in [-0.2, 0) is 9.53 Å². The summed E-state index contributed by atoms with van der Waals surface area (Å²) in [5, 5.41) is 5.64. The number of anilines is 3. The van der Waals surface area contributed by atoms with E-state index < -0.39 is 35.4 Å². The Morgan fingerprint density at radius 1 is 1.08 bits per heavy atom. The fourth-order valence-corrected chi connectivity index (χ4v) is 4.82. The molecule has 2 aliphatic rings. The van der Waals surface area contributed by atoms with Crippen LogP contribution in [0.3, 0.4) is 0 Å². The predicted molar refractivity (Wildman–Crippen MR) is 123 cm³/mol. The SMILES string of the molecule is NC(=O)C1CCC(n2c(Nc3c(F)cc(F)cc3F)nc3cnc(NC4CCOC[C@@H]4F)nc32)CC1. The second-order valence-electron chi connectivity index (χ2n) is 9.12. The molecule has 1 aliphatic carbocycles. The number of hydrogen-bond donors (Lipinski definition) is 3. The number of alkyl halides is 1. The van der Waals surface area contributed by atoms with E-state index in [1.54, 1.807) is 4.57 Å². The summed E-state index contributed by atoms with van der Waals surface area (Å²) < 4.78 is 63.3. The fourth-order valence-electron chi connectivity index (χ4n) is 4.82. The number of carbonyl (C=O) groups is 1. The molecule has 1 amide bonds. The van der Waals surface area contributed by atoms with E-state index in [9.17, 15) is 22.4 Å². The van der Waals surface area contributed by atoms with Crippen LogP contribution in [0.5, 0.6) is 0 Å². The van der Waals surface area contributed by atoms with Gasteiger partial charge in [-0.2, -0.15) is 4.98 Å². The predicted octanol–water partition coefficient (Wildman–Crippen LogP) is 3.74. The van der Waals surface area contributed by atoms with E-state index >= 15 is 0 Å². The van der Waals surface area contributed by atoms with Gasteiger partial charge in [-0.25, -0.2) is 27.5 Å². The number of nitrogens with zero attached hydrogens (tertiary/aromatic N) is 4. The van der Waals surface area contributed by atoms with Gasteiger partial charge in [0.25, 0.3) is 0 Å². The van der Waals surface area contributed by atoms with E-state index in [-0.39, 0.29) is 36.4 Å². The van der Waals surface area contributed by atoms with Gasteiger partial charge in [-0.3, -0.25) is 9.36 Å². The second kappa shape index (κ2) is 9.88. The Balaban J connectivity index is 1.53. The molecule has 4 N–H and O–H groups in total. The first-order valence-electron chi connectivity index (χ1n) is 11.7. The zero-order valence-corrected chi connectivity index (χ0v) is 19.2. The summed E-state index contributed by atoms with van der Waals surface area (Å²) in [5.74, 6) is -3.66. The van der Waals surface area contributed by atoms with Gasteiger partial charge in [0, 0.05) is 30.7 Å². The van der Waals surface area contributed by atoms with Crippen LogP contribution in [0.15, 0.2) is 18.3 Å². The largest absolute Gasteiger partial charge is 0.378 e. The highest BCUT2D eigenvalue weighted by atomic mass is 19.1. The number of aromatic nitrogens is 4. The normalized spacial score (nSPS) is 24.6. The van der Waals surface area contributed by atoms with Crippen LogP contribution in [-0.4, -0.2) is 50.9 Å². The highest BCUT2D eigenvalue weighted by Gasteiger charge is 2.30. The Bertz CT molecular complexity index is 1260. The summed E-state index contributed by atoms with van der Waals surface area (Å²) in [4.78, 5) is 24.8. The maximum absolute atomic E-state index is 14.4. The average molecular weight is 507 g/mol. The number of benzene rings is 1. The summed E-state index contributed by atoms with van der Waals surface area (Å²) in [6.07, 6.45) is 2.79. The molecule has 1 aromatic carbocycles. The van der Waals surface area contributed by atoms with Crippen molar-refractivity contribution in [2.24, 2.45) is 11.7 Å². The average Bonchev–Trinajstić information content (AvgIpc) is 3.20. The van der Waals surface area contributed by atoms with Gasteiger partial charge in [-0.1, -0.05) is 0 Å². The number of rotatable bonds is 6. The minimum Gasteiger partial charge on any atom is -0.378 e. The van der Waals surface area contributed by atoms with Crippen molar-refractivity contribution in [1.29, 1.82) is 0 Å². The molecule has 3 aromatic rings. The van der Waals surface area contributed by atoms with Gasteiger partial charge >= 0.3 is 0 Å². The molecule has 192 valence electrons. The minimum absolute atomic E-state index is 0.0240. The van der Waals surface area contributed by atoms with Crippen molar-refractivity contribution in [3.05, 3.63) is 35.8 Å². The fraction of sp³-hybridized carbons (Fsp3) is 0.478. The molecule has 2 fully saturated rings. The van der Waals surface area contributed by atoms with Crippen LogP contribution in [0.1, 0.15) is 38.1 Å². The number of nitrogens with two attached hydrogens (primary N) is 1. The molecule has 1 unspecified atom stereocenters. The first-order valence-corrected chi connectivity index (χ1v) is 11.7. The third-order valence-electron chi connectivity index (χ3n) is 6.74. The molecular weight excluding hydrogens is 482 g/mol. The van der Waals surface area contributed by atoms with Gasteiger partial charge < -0.3 is 21.1 Å². The lowest BCUT2D eigenvalue weighted by molar-refractivity contribution is -0.122. The zero-order valence-electron chi connectivity index (χ0n) is 19.2. The molecular formula is C23H25F4N7O2. The lowest BCUT2D eigenvalue weighted by atomic mass is 9.85. The highest BCUT2D eigenvalue weighted by molar-refractivity contribution is 5.78. The standard InChI is InChI=1S/C23H25F4N7O2/c24-12-7-14(25)19(15(26)8-12)32-23-31-18-9-29-22(30-17-5-6-36-10-16(17)27)33-21(18)34(23)13-3-1-11(2-4-13)20(28)35/h7-9,11,13,16-17H,1-6,10H2,(H2,28,35)(H,31,32)(H,29,30,33)/t11?,13?,16-,17?/m0/s1. The van der Waals surface area contributed by atoms with Gasteiger partial charge in [-0.15, -0.1) is 0 Å². The molecule has 0 radical (unpaired) electrons. The topological polar surface area (TPSA) is 120 Å². The molecule has 3 heterocycles. The van der Waals surface area contributed by atoms with E-state index in [4.69, 9.17) is 10.5 Å². The lowest BCUT2D eigenvalue weighted by Gasteiger charge is -2.29. The molecule has 5 rings (SSSR count). The molecule has 36 heavy (non-hydrogen) atoms. The van der Waals surface area contributed by atoms with Crippen LogP contribution in [0.2, 0.25) is 0 Å². The van der Waals surface area contributed by atoms with E-state index in [0.717, 1.165) is 0 Å². The number of imidazole rings is 1. The van der Waals surface area contributed by atoms with Crippen molar-refractivity contribution in [2.45, 2.75) is 50.4 Å². The first-order chi connectivity index (χ1) is 17.3. The molecule has 0 bridgehead atoms. The number of halogens is 4. The van der Waals surface area contributed by atoms with Crippen molar-refractivity contribution in [2.75, 3.05) is 23.8 Å². The Labute approximate surface area is 203 Å². The van der Waals surface area contributed by atoms with Gasteiger partial charge in [0.2, 0.25) is 17.8 Å². The molecule has 2 aromatic heterocycles. The monoisotopic (exact) mass is 507 g/mol. The van der Waals surface area contributed by atoms with Crippen LogP contribution in [0.4, 0.5) is 35.1 Å². The highest BCUT2D eigenvalue weighted by Crippen LogP contribution is 2.37. The number of ether oxygens (including phenoxy) is 1. The van der Waals surface area contributed by atoms with E-state index in [0.29, 0.717) is 62.0 Å². The number of hydrogen-bond acceptors (Lipinski definition) is 7. The summed E-state index contributed by atoms with van der Waals surface area (Å²) in [7, 11) is 0. The smallest absolute Gasteiger partial charge is 0.225 e. The van der Waals surface area contributed by atoms with Gasteiger partial charge in [0.05, 0.1) is 18.8 Å². The Morgan fingerprint density at radius 2 is 1.81 bits per heavy atom. The molecule has 1 aliphatic heterocycles. The van der Waals surface area contributed by atoms with Crippen molar-refractivity contribution < 1.29 is 27.1 Å². The van der Waals surface area contributed by atoms with Crippen LogP contribution < -0.4 is 16.4 Å². The number of nitrogens with one attached hydrogen (secondary N) is 2. The summed E-state index contributed by atoms with van der Waals surface area (Å²) in [6, 6.07) is 0.386. The third-order valence-corrected chi connectivity index (χ3v) is 6.74. The quantitative estimate of drug-likeness (QED) is 0.435. The number of amides is 1. The molecule has 0 spiro atoms. The van der Waals surface area contributed by atoms with E-state index in [2.05, 4.69) is 25.6 Å². The van der Waals surface area contributed by atoms with Crippen LogP contribution >= 0.6 is 0 Å². The lowest BCUT2D eigenvalue weighted by Crippen LogP contribution is -2.39. The summed E-state index contributed by atoms with van der Waals surface area (Å²) >= 11 is 0. The zero-order chi connectivity index (χ0) is 25.4. The number of primary amides is 1. The van der Waals surface area contributed by atoms with Gasteiger partial charge in [0.15, 0.2) is 17.3 Å². The van der Waals surface area contributed by atoms with Crippen LogP contribution in [0, 0.1) is 23.4 Å². The minimum atomic E-state index is -1.23. The van der Waals surface area contributed by atoms with Gasteiger partial charge in [0.1, 0.15) is 23.2 Å². The van der Waals surface area contributed by atoms with Crippen molar-refractivity contribution in [3.8, 4) is 0 Å². The second-order valence-corrected chi connectivity index (χ2v) is 9.12. The molecule has 2 atom stereocenters. The molecule has 1 saturated carbocycles. The van der Waals surface area contributed by atoms with Crippen molar-refractivity contribution >= 4 is 34.7 Å². The third kappa shape index (κ3) is 4.79. The molecule has 13 heteroatoms. The number of fused-ring (bicyclic) bond motifs is 1. The maximum atomic E-state index is 14.4. The maximum Gasteiger partial charge on any atom is 0.225 e. The Hall–Kier alpha value is -3.48. The molecule has 9 nitrogen and oxygen atoms in total. The Kier molecular flexibility index (Phi) is 6.65. The number of carbonyl (C=O) groups excluding carboxylic acids is 1. The van der Waals surface area contributed by atoms with Crippen LogP contribution in [0.25, 0.3) is 11.2 Å².